The molecule has 0 saturated carbocycles. The van der Waals surface area contributed by atoms with Crippen molar-refractivity contribution in [2.24, 2.45) is 5.92 Å². The SMILES string of the molecule is C1#C[C](C2C#CCCC2)CCCC1. The zero-order valence-electron chi connectivity index (χ0n) is 8.03. The van der Waals surface area contributed by atoms with Gasteiger partial charge in [0.1, 0.15) is 0 Å². The maximum absolute atomic E-state index is 3.33. The first-order valence-electron chi connectivity index (χ1n) is 5.30. The minimum Gasteiger partial charge on any atom is -0.103 e. The Balaban J connectivity index is 2.02. The summed E-state index contributed by atoms with van der Waals surface area (Å²) >= 11 is 0. The Kier molecular flexibility index (Phi) is 2.94. The highest BCUT2D eigenvalue weighted by atomic mass is 14.2. The fourth-order valence-corrected chi connectivity index (χ4v) is 1.95. The lowest BCUT2D eigenvalue weighted by Crippen LogP contribution is -2.11. The van der Waals surface area contributed by atoms with E-state index in [9.17, 15) is 0 Å². The molecule has 1 atom stereocenters. The van der Waals surface area contributed by atoms with Crippen molar-refractivity contribution in [2.75, 3.05) is 0 Å². The summed E-state index contributed by atoms with van der Waals surface area (Å²) in [6.45, 7) is 0. The van der Waals surface area contributed by atoms with Crippen LogP contribution >= 0.6 is 0 Å². The summed E-state index contributed by atoms with van der Waals surface area (Å²) in [5.41, 5.74) is 0. The lowest BCUT2D eigenvalue weighted by atomic mass is 9.84. The molecule has 0 amide bonds. The summed E-state index contributed by atoms with van der Waals surface area (Å²) < 4.78 is 0. The molecule has 13 heavy (non-hydrogen) atoms. The maximum atomic E-state index is 3.33. The van der Waals surface area contributed by atoms with Crippen LogP contribution in [0.4, 0.5) is 0 Å². The molecule has 0 nitrogen and oxygen atoms in total. The van der Waals surface area contributed by atoms with Crippen molar-refractivity contribution in [3.8, 4) is 23.7 Å². The molecule has 2 aliphatic carbocycles. The minimum absolute atomic E-state index is 0.513. The van der Waals surface area contributed by atoms with Crippen molar-refractivity contribution in [2.45, 2.75) is 44.9 Å². The van der Waals surface area contributed by atoms with Crippen LogP contribution in [0, 0.1) is 35.5 Å². The van der Waals surface area contributed by atoms with Crippen molar-refractivity contribution in [1.29, 1.82) is 0 Å². The summed E-state index contributed by atoms with van der Waals surface area (Å²) in [4.78, 5) is 0. The standard InChI is InChI=1S/C13H15/c1-2-5-9-12(8-4-1)13-10-6-3-7-11-13/h13H,1-4,6,8,10H2. The fourth-order valence-electron chi connectivity index (χ4n) is 1.95. The minimum atomic E-state index is 0.513. The van der Waals surface area contributed by atoms with Crippen molar-refractivity contribution < 1.29 is 0 Å². The van der Waals surface area contributed by atoms with E-state index in [1.807, 2.05) is 0 Å². The predicted octanol–water partition coefficient (Wildman–Crippen LogP) is 2.94. The normalized spacial score (nSPS) is 27.8. The lowest BCUT2D eigenvalue weighted by Gasteiger charge is -2.18. The van der Waals surface area contributed by atoms with Crippen LogP contribution in [0.5, 0.6) is 0 Å². The third kappa shape index (κ3) is 2.28. The Bertz CT molecular complexity index is 279. The van der Waals surface area contributed by atoms with Gasteiger partial charge < -0.3 is 0 Å². The van der Waals surface area contributed by atoms with Gasteiger partial charge in [0, 0.05) is 18.8 Å². The van der Waals surface area contributed by atoms with Crippen LogP contribution in [0.3, 0.4) is 0 Å². The molecule has 0 aromatic heterocycles. The van der Waals surface area contributed by atoms with Gasteiger partial charge in [-0.15, -0.1) is 11.8 Å². The van der Waals surface area contributed by atoms with Crippen LogP contribution in [0.25, 0.3) is 0 Å². The summed E-state index contributed by atoms with van der Waals surface area (Å²) in [5, 5.41) is 0. The van der Waals surface area contributed by atoms with Crippen molar-refractivity contribution in [3.05, 3.63) is 5.92 Å². The molecular formula is C13H15. The summed E-state index contributed by atoms with van der Waals surface area (Å²) in [6.07, 6.45) is 8.47. The van der Waals surface area contributed by atoms with E-state index in [0.29, 0.717) is 5.92 Å². The van der Waals surface area contributed by atoms with Crippen LogP contribution in [-0.2, 0) is 0 Å². The first-order chi connectivity index (χ1) is 6.47. The third-order valence-corrected chi connectivity index (χ3v) is 2.74. The van der Waals surface area contributed by atoms with Crippen LogP contribution in [0.2, 0.25) is 0 Å². The second-order valence-electron chi connectivity index (χ2n) is 3.80. The number of hydrogen-bond acceptors (Lipinski definition) is 0. The second kappa shape index (κ2) is 4.38. The molecule has 0 aromatic rings. The molecule has 0 N–H and O–H groups in total. The second-order valence-corrected chi connectivity index (χ2v) is 3.80. The first-order valence-corrected chi connectivity index (χ1v) is 5.30. The highest BCUT2D eigenvalue weighted by Crippen LogP contribution is 2.28. The lowest BCUT2D eigenvalue weighted by molar-refractivity contribution is 0.565. The summed E-state index contributed by atoms with van der Waals surface area (Å²) in [7, 11) is 0. The largest absolute Gasteiger partial charge is 0.103 e. The Morgan fingerprint density at radius 2 is 1.92 bits per heavy atom. The van der Waals surface area contributed by atoms with Gasteiger partial charge in [-0.2, -0.15) is 0 Å². The van der Waals surface area contributed by atoms with Gasteiger partial charge in [0.15, 0.2) is 0 Å². The van der Waals surface area contributed by atoms with Crippen molar-refractivity contribution in [1.82, 2.24) is 0 Å². The smallest absolute Gasteiger partial charge is 0.0628 e. The molecule has 0 heterocycles. The molecule has 2 aliphatic rings. The molecule has 1 radical (unpaired) electrons. The van der Waals surface area contributed by atoms with Gasteiger partial charge in [-0.25, -0.2) is 0 Å². The molecule has 0 aliphatic heterocycles. The zero-order chi connectivity index (χ0) is 8.93. The van der Waals surface area contributed by atoms with E-state index >= 15 is 0 Å². The molecule has 2 rings (SSSR count). The van der Waals surface area contributed by atoms with E-state index in [0.717, 1.165) is 12.8 Å². The molecule has 0 bridgehead atoms. The molecular weight excluding hydrogens is 156 g/mol. The Morgan fingerprint density at radius 3 is 2.77 bits per heavy atom. The highest BCUT2D eigenvalue weighted by Gasteiger charge is 2.20. The molecule has 0 fully saturated rings. The summed E-state index contributed by atoms with van der Waals surface area (Å²) in [6, 6.07) is 0. The monoisotopic (exact) mass is 171 g/mol. The average Bonchev–Trinajstić information content (AvgIpc) is 2.47. The number of hydrogen-bond donors (Lipinski definition) is 0. The molecule has 0 heteroatoms. The Morgan fingerprint density at radius 1 is 1.00 bits per heavy atom. The van der Waals surface area contributed by atoms with E-state index < -0.39 is 0 Å². The third-order valence-electron chi connectivity index (χ3n) is 2.74. The number of rotatable bonds is 1. The van der Waals surface area contributed by atoms with E-state index in [4.69, 9.17) is 0 Å². The van der Waals surface area contributed by atoms with Gasteiger partial charge >= 0.3 is 0 Å². The van der Waals surface area contributed by atoms with Crippen molar-refractivity contribution in [3.63, 3.8) is 0 Å². The van der Waals surface area contributed by atoms with Gasteiger partial charge in [-0.1, -0.05) is 18.3 Å². The van der Waals surface area contributed by atoms with E-state index in [2.05, 4.69) is 23.7 Å². The average molecular weight is 171 g/mol. The van der Waals surface area contributed by atoms with Crippen molar-refractivity contribution >= 4 is 0 Å². The molecule has 0 saturated heterocycles. The van der Waals surface area contributed by atoms with Gasteiger partial charge in [0.2, 0.25) is 0 Å². The van der Waals surface area contributed by atoms with E-state index in [-0.39, 0.29) is 0 Å². The van der Waals surface area contributed by atoms with Gasteiger partial charge in [-0.05, 0) is 25.7 Å². The van der Waals surface area contributed by atoms with E-state index in [1.54, 1.807) is 0 Å². The van der Waals surface area contributed by atoms with Crippen LogP contribution in [0.1, 0.15) is 44.9 Å². The predicted molar refractivity (Wildman–Crippen MR) is 54.6 cm³/mol. The van der Waals surface area contributed by atoms with Crippen LogP contribution in [-0.4, -0.2) is 0 Å². The maximum Gasteiger partial charge on any atom is 0.0628 e. The first kappa shape index (κ1) is 8.71. The van der Waals surface area contributed by atoms with Gasteiger partial charge in [0.25, 0.3) is 0 Å². The van der Waals surface area contributed by atoms with Gasteiger partial charge in [0.05, 0.1) is 5.92 Å². The Labute approximate surface area is 81.1 Å². The van der Waals surface area contributed by atoms with E-state index in [1.165, 1.54) is 38.0 Å². The molecule has 0 aromatic carbocycles. The zero-order valence-corrected chi connectivity index (χ0v) is 8.03. The quantitative estimate of drug-likeness (QED) is 0.532. The highest BCUT2D eigenvalue weighted by molar-refractivity contribution is 5.31. The van der Waals surface area contributed by atoms with Crippen LogP contribution in [0.15, 0.2) is 0 Å². The molecule has 67 valence electrons. The Hall–Kier alpha value is -0.880. The van der Waals surface area contributed by atoms with Gasteiger partial charge in [-0.3, -0.25) is 0 Å². The summed E-state index contributed by atoms with van der Waals surface area (Å²) in [5.74, 6) is 15.0. The topological polar surface area (TPSA) is 0 Å². The molecule has 1 unspecified atom stereocenters. The fraction of sp³-hybridized carbons (Fsp3) is 0.615. The van der Waals surface area contributed by atoms with Crippen LogP contribution < -0.4 is 0 Å². The molecule has 0 spiro atoms.